The largest absolute Gasteiger partial charge is 0.461 e. The Hall–Kier alpha value is -2.63. The minimum atomic E-state index is -0.941. The van der Waals surface area contributed by atoms with E-state index in [1.165, 1.54) is 0 Å². The molecule has 0 saturated carbocycles. The summed E-state index contributed by atoms with van der Waals surface area (Å²) in [6.45, 7) is 5.84. The van der Waals surface area contributed by atoms with E-state index in [0.717, 1.165) is 5.69 Å². The predicted molar refractivity (Wildman–Crippen MR) is 104 cm³/mol. The number of ether oxygens (including phenoxy) is 1. The third-order valence-corrected chi connectivity index (χ3v) is 3.82. The van der Waals surface area contributed by atoms with Crippen molar-refractivity contribution < 1.29 is 14.6 Å². The second-order valence-corrected chi connectivity index (χ2v) is 5.98. The van der Waals surface area contributed by atoms with E-state index in [2.05, 4.69) is 17.1 Å². The third kappa shape index (κ3) is 5.72. The highest BCUT2D eigenvalue weighted by atomic mass is 35.5. The number of rotatable bonds is 8. The van der Waals surface area contributed by atoms with Gasteiger partial charge in [0.05, 0.1) is 12.3 Å². The van der Waals surface area contributed by atoms with Crippen LogP contribution in [0.3, 0.4) is 0 Å². The smallest absolute Gasteiger partial charge is 0.354 e. The Morgan fingerprint density at radius 1 is 1.23 bits per heavy atom. The lowest BCUT2D eigenvalue weighted by atomic mass is 9.98. The summed E-state index contributed by atoms with van der Waals surface area (Å²) in [5, 5.41) is 15.2. The first-order valence-electron chi connectivity index (χ1n) is 8.17. The van der Waals surface area contributed by atoms with Crippen LogP contribution in [0.2, 0.25) is 5.02 Å². The second-order valence-electron chi connectivity index (χ2n) is 5.55. The van der Waals surface area contributed by atoms with Crippen LogP contribution in [-0.4, -0.2) is 23.4 Å². The number of hydrogen-bond acceptors (Lipinski definition) is 5. The van der Waals surface area contributed by atoms with Gasteiger partial charge >= 0.3 is 5.97 Å². The van der Waals surface area contributed by atoms with E-state index in [4.69, 9.17) is 16.3 Å². The van der Waals surface area contributed by atoms with Gasteiger partial charge in [-0.25, -0.2) is 4.79 Å². The van der Waals surface area contributed by atoms with Crippen molar-refractivity contribution in [3.63, 3.8) is 0 Å². The van der Waals surface area contributed by atoms with E-state index in [0.29, 0.717) is 16.2 Å². The lowest BCUT2D eigenvalue weighted by Gasteiger charge is -2.15. The second kappa shape index (κ2) is 9.75. The van der Waals surface area contributed by atoms with Gasteiger partial charge in [-0.1, -0.05) is 48.5 Å². The van der Waals surface area contributed by atoms with E-state index in [9.17, 15) is 9.90 Å². The monoisotopic (exact) mass is 372 g/mol. The van der Waals surface area contributed by atoms with Crippen molar-refractivity contribution in [3.05, 3.63) is 77.3 Å². The average Bonchev–Trinajstić information content (AvgIpc) is 2.66. The van der Waals surface area contributed by atoms with Crippen LogP contribution in [0.25, 0.3) is 0 Å². The number of para-hydroxylation sites is 1. The molecule has 0 aliphatic rings. The molecule has 2 rings (SSSR count). The highest BCUT2D eigenvalue weighted by molar-refractivity contribution is 6.37. The SMILES string of the molecule is C=C(C/C(=N\Nc1ccccc1)C(=O)OCC)C(O)c1ccc(Cl)cc1. The molecule has 2 N–H and O–H groups in total. The molecule has 0 aromatic heterocycles. The molecule has 0 aliphatic heterocycles. The standard InChI is InChI=1S/C20H21ClN2O3/c1-3-26-20(25)18(23-22-17-7-5-4-6-8-17)13-14(2)19(24)15-9-11-16(21)12-10-15/h4-12,19,22,24H,2-3,13H2,1H3/b23-18+. The zero-order valence-electron chi connectivity index (χ0n) is 14.5. The van der Waals surface area contributed by atoms with Gasteiger partial charge < -0.3 is 9.84 Å². The summed E-state index contributed by atoms with van der Waals surface area (Å²) in [6, 6.07) is 16.0. The molecule has 0 fully saturated rings. The number of aliphatic hydroxyl groups excluding tert-OH is 1. The number of carbonyl (C=O) groups excluding carboxylic acids is 1. The number of aliphatic hydroxyl groups is 1. The molecular formula is C20H21ClN2O3. The number of benzene rings is 2. The van der Waals surface area contributed by atoms with E-state index in [1.807, 2.05) is 30.3 Å². The van der Waals surface area contributed by atoms with E-state index in [-0.39, 0.29) is 18.7 Å². The Bertz CT molecular complexity index is 773. The minimum absolute atomic E-state index is 0.0719. The molecule has 1 unspecified atom stereocenters. The third-order valence-electron chi connectivity index (χ3n) is 3.57. The van der Waals surface area contributed by atoms with E-state index >= 15 is 0 Å². The maximum Gasteiger partial charge on any atom is 0.354 e. The quantitative estimate of drug-likeness (QED) is 0.313. The van der Waals surface area contributed by atoms with Gasteiger partial charge in [-0.3, -0.25) is 5.43 Å². The first kappa shape index (κ1) is 19.7. The molecule has 0 aliphatic carbocycles. The molecule has 1 atom stereocenters. The van der Waals surface area contributed by atoms with Gasteiger partial charge in [-0.15, -0.1) is 0 Å². The summed E-state index contributed by atoms with van der Waals surface area (Å²) in [5.41, 5.74) is 4.75. The van der Waals surface area contributed by atoms with Crippen LogP contribution in [0.15, 0.2) is 71.9 Å². The molecular weight excluding hydrogens is 352 g/mol. The van der Waals surface area contributed by atoms with E-state index < -0.39 is 12.1 Å². The molecule has 0 heterocycles. The van der Waals surface area contributed by atoms with Crippen molar-refractivity contribution in [1.82, 2.24) is 0 Å². The highest BCUT2D eigenvalue weighted by Crippen LogP contribution is 2.24. The Kier molecular flexibility index (Phi) is 7.38. The van der Waals surface area contributed by atoms with Crippen LogP contribution >= 0.6 is 11.6 Å². The Morgan fingerprint density at radius 3 is 2.50 bits per heavy atom. The van der Waals surface area contributed by atoms with Gasteiger partial charge in [-0.05, 0) is 42.3 Å². The Labute approximate surface area is 158 Å². The molecule has 26 heavy (non-hydrogen) atoms. The minimum Gasteiger partial charge on any atom is -0.461 e. The lowest BCUT2D eigenvalue weighted by Crippen LogP contribution is -2.21. The lowest BCUT2D eigenvalue weighted by molar-refractivity contribution is -0.135. The fourth-order valence-electron chi connectivity index (χ4n) is 2.21. The normalized spacial score (nSPS) is 12.3. The summed E-state index contributed by atoms with van der Waals surface area (Å²) in [5.74, 6) is -0.555. The summed E-state index contributed by atoms with van der Waals surface area (Å²) in [4.78, 5) is 12.2. The van der Waals surface area contributed by atoms with Gasteiger partial charge in [0.2, 0.25) is 0 Å². The molecule has 0 spiro atoms. The number of esters is 1. The fourth-order valence-corrected chi connectivity index (χ4v) is 2.33. The molecule has 5 nitrogen and oxygen atoms in total. The summed E-state index contributed by atoms with van der Waals surface area (Å²) < 4.78 is 5.04. The number of hydrazone groups is 1. The first-order valence-corrected chi connectivity index (χ1v) is 8.55. The molecule has 2 aromatic rings. The van der Waals surface area contributed by atoms with Gasteiger partial charge in [0.15, 0.2) is 0 Å². The fraction of sp³-hybridized carbons (Fsp3) is 0.200. The number of anilines is 1. The number of carbonyl (C=O) groups is 1. The maximum absolute atomic E-state index is 12.2. The molecule has 0 amide bonds. The van der Waals surface area contributed by atoms with Gasteiger partial charge in [0.1, 0.15) is 11.8 Å². The van der Waals surface area contributed by atoms with Crippen LogP contribution in [0.1, 0.15) is 25.0 Å². The van der Waals surface area contributed by atoms with Crippen LogP contribution < -0.4 is 5.43 Å². The summed E-state index contributed by atoms with van der Waals surface area (Å²) in [7, 11) is 0. The van der Waals surface area contributed by atoms with Gasteiger partial charge in [0.25, 0.3) is 0 Å². The Balaban J connectivity index is 2.13. The highest BCUT2D eigenvalue weighted by Gasteiger charge is 2.19. The molecule has 0 bridgehead atoms. The van der Waals surface area contributed by atoms with Crippen LogP contribution in [0.5, 0.6) is 0 Å². The summed E-state index contributed by atoms with van der Waals surface area (Å²) >= 11 is 5.86. The predicted octanol–water partition coefficient (Wildman–Crippen LogP) is 4.35. The number of halogens is 1. The van der Waals surface area contributed by atoms with Crippen LogP contribution in [-0.2, 0) is 9.53 Å². The maximum atomic E-state index is 12.2. The van der Waals surface area contributed by atoms with Crippen molar-refractivity contribution in [1.29, 1.82) is 0 Å². The van der Waals surface area contributed by atoms with Crippen molar-refractivity contribution >= 4 is 29.0 Å². The molecule has 0 radical (unpaired) electrons. The van der Waals surface area contributed by atoms with Gasteiger partial charge in [0, 0.05) is 11.4 Å². The van der Waals surface area contributed by atoms with Crippen molar-refractivity contribution in [2.75, 3.05) is 12.0 Å². The van der Waals surface area contributed by atoms with Crippen LogP contribution in [0, 0.1) is 0 Å². The first-order chi connectivity index (χ1) is 12.5. The number of hydrogen-bond donors (Lipinski definition) is 2. The van der Waals surface area contributed by atoms with Crippen molar-refractivity contribution in [3.8, 4) is 0 Å². The molecule has 136 valence electrons. The van der Waals surface area contributed by atoms with Crippen molar-refractivity contribution in [2.24, 2.45) is 5.10 Å². The number of nitrogens with zero attached hydrogens (tertiary/aromatic N) is 1. The molecule has 2 aromatic carbocycles. The van der Waals surface area contributed by atoms with Gasteiger partial charge in [-0.2, -0.15) is 5.10 Å². The van der Waals surface area contributed by atoms with E-state index in [1.54, 1.807) is 31.2 Å². The zero-order valence-corrected chi connectivity index (χ0v) is 15.2. The van der Waals surface area contributed by atoms with Crippen molar-refractivity contribution in [2.45, 2.75) is 19.4 Å². The van der Waals surface area contributed by atoms with Crippen LogP contribution in [0.4, 0.5) is 5.69 Å². The number of nitrogens with one attached hydrogen (secondary N) is 1. The Morgan fingerprint density at radius 2 is 1.88 bits per heavy atom. The summed E-state index contributed by atoms with van der Waals surface area (Å²) in [6.07, 6.45) is -0.869. The molecule has 6 heteroatoms. The topological polar surface area (TPSA) is 70.9 Å². The zero-order chi connectivity index (χ0) is 18.9. The average molecular weight is 373 g/mol. The molecule has 0 saturated heterocycles.